The topological polar surface area (TPSA) is 71.1 Å². The summed E-state index contributed by atoms with van der Waals surface area (Å²) in [6.45, 7) is 6.43. The summed E-state index contributed by atoms with van der Waals surface area (Å²) in [7, 11) is 0. The Morgan fingerprint density at radius 1 is 0.750 bits per heavy atom. The maximum Gasteiger partial charge on any atom is 0.417 e. The van der Waals surface area contributed by atoms with Gasteiger partial charge in [0.05, 0.1) is 5.56 Å². The van der Waals surface area contributed by atoms with Crippen molar-refractivity contribution in [2.75, 3.05) is 0 Å². The zero-order valence-corrected chi connectivity index (χ0v) is 16.5. The van der Waals surface area contributed by atoms with E-state index in [9.17, 15) is 22.8 Å². The summed E-state index contributed by atoms with van der Waals surface area (Å²) in [5.41, 5.74) is -0.709. The highest BCUT2D eigenvalue weighted by Crippen LogP contribution is 2.39. The molecule has 0 amide bonds. The van der Waals surface area contributed by atoms with Crippen molar-refractivity contribution in [2.24, 2.45) is 0 Å². The molecule has 2 aromatic rings. The number of alkyl halides is 3. The number of halogens is 3. The summed E-state index contributed by atoms with van der Waals surface area (Å²) in [6.07, 6.45) is 1.17. The molecular weight excluding hydrogens is 429 g/mol. The van der Waals surface area contributed by atoms with Crippen LogP contribution in [0.3, 0.4) is 0 Å². The molecule has 0 unspecified atom stereocenters. The number of carbonyl (C=O) groups excluding carboxylic acids is 2. The van der Waals surface area contributed by atoms with Crippen LogP contribution in [0.5, 0.6) is 11.5 Å². The van der Waals surface area contributed by atoms with Gasteiger partial charge in [-0.15, -0.1) is 0 Å². The van der Waals surface area contributed by atoms with Crippen molar-refractivity contribution in [2.45, 2.75) is 6.18 Å². The summed E-state index contributed by atoms with van der Waals surface area (Å²) in [4.78, 5) is 21.8. The third-order valence-electron chi connectivity index (χ3n) is 3.68. The van der Waals surface area contributed by atoms with Gasteiger partial charge in [0.25, 0.3) is 0 Å². The molecule has 6 nitrogen and oxygen atoms in total. The standard InChI is InChI=1S/C23H17F3O6/c1-3-21(27)31-13-11-29-17-7-5-16(6-8-17)19-10-9-18(15-20(19)23(24,25)26)30-12-14-32-22(28)4-2/h3-15H,1-2H2/b13-11-,14-12-. The largest absolute Gasteiger partial charge is 0.462 e. The Hall–Kier alpha value is -4.27. The zero-order valence-electron chi connectivity index (χ0n) is 16.5. The number of ether oxygens (including phenoxy) is 4. The molecule has 2 aromatic carbocycles. The van der Waals surface area contributed by atoms with Crippen molar-refractivity contribution < 1.29 is 41.7 Å². The van der Waals surface area contributed by atoms with Crippen molar-refractivity contribution in [1.82, 2.24) is 0 Å². The quantitative estimate of drug-likeness (QED) is 0.287. The van der Waals surface area contributed by atoms with Crippen LogP contribution in [0.2, 0.25) is 0 Å². The van der Waals surface area contributed by atoms with Crippen LogP contribution in [-0.4, -0.2) is 11.9 Å². The molecule has 32 heavy (non-hydrogen) atoms. The molecule has 2 rings (SSSR count). The molecule has 0 saturated carbocycles. The van der Waals surface area contributed by atoms with E-state index in [4.69, 9.17) is 9.47 Å². The number of hydrogen-bond acceptors (Lipinski definition) is 6. The Bertz CT molecular complexity index is 1040. The molecule has 166 valence electrons. The summed E-state index contributed by atoms with van der Waals surface area (Å²) in [6, 6.07) is 9.22. The van der Waals surface area contributed by atoms with Gasteiger partial charge in [-0.1, -0.05) is 31.4 Å². The molecule has 0 saturated heterocycles. The number of rotatable bonds is 9. The second kappa shape index (κ2) is 11.2. The monoisotopic (exact) mass is 446 g/mol. The fourth-order valence-corrected chi connectivity index (χ4v) is 2.29. The van der Waals surface area contributed by atoms with Gasteiger partial charge in [-0.05, 0) is 35.4 Å². The van der Waals surface area contributed by atoms with E-state index in [-0.39, 0.29) is 16.9 Å². The van der Waals surface area contributed by atoms with E-state index in [2.05, 4.69) is 22.6 Å². The first-order valence-corrected chi connectivity index (χ1v) is 8.85. The van der Waals surface area contributed by atoms with Crippen LogP contribution in [0.1, 0.15) is 5.56 Å². The third kappa shape index (κ3) is 7.21. The molecule has 0 bridgehead atoms. The Kier molecular flexibility index (Phi) is 8.41. The molecule has 0 aliphatic rings. The van der Waals surface area contributed by atoms with E-state index < -0.39 is 23.7 Å². The Labute approximate surface area is 181 Å². The van der Waals surface area contributed by atoms with Crippen LogP contribution >= 0.6 is 0 Å². The summed E-state index contributed by atoms with van der Waals surface area (Å²) in [5.74, 6) is -1.20. The summed E-state index contributed by atoms with van der Waals surface area (Å²) >= 11 is 0. The van der Waals surface area contributed by atoms with Gasteiger partial charge >= 0.3 is 18.1 Å². The molecule has 0 radical (unpaired) electrons. The summed E-state index contributed by atoms with van der Waals surface area (Å²) in [5, 5.41) is 0. The van der Waals surface area contributed by atoms with E-state index in [1.807, 2.05) is 0 Å². The lowest BCUT2D eigenvalue weighted by molar-refractivity contribution is -0.137. The first-order chi connectivity index (χ1) is 15.2. The lowest BCUT2D eigenvalue weighted by Gasteiger charge is -2.14. The van der Waals surface area contributed by atoms with Crippen molar-refractivity contribution in [3.63, 3.8) is 0 Å². The average Bonchev–Trinajstić information content (AvgIpc) is 2.79. The van der Waals surface area contributed by atoms with Gasteiger partial charge in [0.1, 0.15) is 36.5 Å². The molecule has 0 atom stereocenters. The van der Waals surface area contributed by atoms with Crippen LogP contribution < -0.4 is 9.47 Å². The molecule has 0 aromatic heterocycles. The Balaban J connectivity index is 2.17. The predicted molar refractivity (Wildman–Crippen MR) is 109 cm³/mol. The Morgan fingerprint density at radius 3 is 1.75 bits per heavy atom. The average molecular weight is 446 g/mol. The van der Waals surface area contributed by atoms with Crippen molar-refractivity contribution in [1.29, 1.82) is 0 Å². The smallest absolute Gasteiger partial charge is 0.417 e. The molecular formula is C23H17F3O6. The number of carbonyl (C=O) groups is 2. The second-order valence-electron chi connectivity index (χ2n) is 5.79. The molecule has 0 fully saturated rings. The maximum absolute atomic E-state index is 13.6. The van der Waals surface area contributed by atoms with E-state index in [1.165, 1.54) is 36.4 Å². The van der Waals surface area contributed by atoms with Crippen molar-refractivity contribution >= 4 is 11.9 Å². The van der Waals surface area contributed by atoms with Gasteiger partial charge in [0.2, 0.25) is 0 Å². The molecule has 0 spiro atoms. The third-order valence-corrected chi connectivity index (χ3v) is 3.68. The van der Waals surface area contributed by atoms with E-state index >= 15 is 0 Å². The summed E-state index contributed by atoms with van der Waals surface area (Å²) < 4.78 is 60.2. The Morgan fingerprint density at radius 2 is 1.25 bits per heavy atom. The fourth-order valence-electron chi connectivity index (χ4n) is 2.29. The van der Waals surface area contributed by atoms with Gasteiger partial charge < -0.3 is 18.9 Å². The molecule has 0 aliphatic carbocycles. The van der Waals surface area contributed by atoms with Crippen molar-refractivity contribution in [3.05, 3.63) is 98.4 Å². The number of hydrogen-bond donors (Lipinski definition) is 0. The minimum absolute atomic E-state index is 0.0751. The van der Waals surface area contributed by atoms with Gasteiger partial charge in [0, 0.05) is 12.2 Å². The molecule has 0 aliphatic heterocycles. The van der Waals surface area contributed by atoms with Crippen LogP contribution in [0, 0.1) is 0 Å². The predicted octanol–water partition coefficient (Wildman–Crippen LogP) is 5.53. The lowest BCUT2D eigenvalue weighted by Crippen LogP contribution is -2.07. The minimum atomic E-state index is -4.65. The van der Waals surface area contributed by atoms with E-state index in [1.54, 1.807) is 0 Å². The number of benzene rings is 2. The highest BCUT2D eigenvalue weighted by atomic mass is 19.4. The number of esters is 2. The highest BCUT2D eigenvalue weighted by molar-refractivity contribution is 5.82. The van der Waals surface area contributed by atoms with E-state index in [0.717, 1.165) is 43.3 Å². The SMILES string of the molecule is C=CC(=O)O/C=C\Oc1ccc(-c2ccc(O/C=C\OC(=O)C=C)cc2C(F)(F)F)cc1. The van der Waals surface area contributed by atoms with Crippen LogP contribution in [-0.2, 0) is 25.2 Å². The van der Waals surface area contributed by atoms with Gasteiger partial charge in [-0.25, -0.2) is 9.59 Å². The highest BCUT2D eigenvalue weighted by Gasteiger charge is 2.34. The fraction of sp³-hybridized carbons (Fsp3) is 0.0435. The van der Waals surface area contributed by atoms with Gasteiger partial charge in [0.15, 0.2) is 0 Å². The molecule has 9 heteroatoms. The van der Waals surface area contributed by atoms with Crippen LogP contribution in [0.4, 0.5) is 13.2 Å². The normalized spacial score (nSPS) is 11.2. The minimum Gasteiger partial charge on any atom is -0.462 e. The second-order valence-corrected chi connectivity index (χ2v) is 5.79. The van der Waals surface area contributed by atoms with Crippen LogP contribution in [0.15, 0.2) is 92.8 Å². The first kappa shape index (κ1) is 24.0. The first-order valence-electron chi connectivity index (χ1n) is 8.85. The van der Waals surface area contributed by atoms with Crippen LogP contribution in [0.25, 0.3) is 11.1 Å². The van der Waals surface area contributed by atoms with Gasteiger partial charge in [-0.3, -0.25) is 0 Å². The zero-order chi connectivity index (χ0) is 23.6. The lowest BCUT2D eigenvalue weighted by atomic mass is 9.99. The maximum atomic E-state index is 13.6. The molecule has 0 heterocycles. The van der Waals surface area contributed by atoms with Crippen molar-refractivity contribution in [3.8, 4) is 22.6 Å². The van der Waals surface area contributed by atoms with Gasteiger partial charge in [-0.2, -0.15) is 13.2 Å². The molecule has 0 N–H and O–H groups in total. The van der Waals surface area contributed by atoms with E-state index in [0.29, 0.717) is 5.75 Å².